The number of nitrogens with zero attached hydrogens (tertiary/aromatic N) is 2. The molecule has 3 aromatic rings. The molecule has 1 aliphatic heterocycles. The quantitative estimate of drug-likeness (QED) is 0.410. The van der Waals surface area contributed by atoms with Crippen molar-refractivity contribution in [2.45, 2.75) is 42.8 Å². The number of hydrogen-bond donors (Lipinski definition) is 0. The maximum absolute atomic E-state index is 13.2. The van der Waals surface area contributed by atoms with E-state index in [1.165, 1.54) is 22.5 Å². The fraction of sp³-hybridized carbons (Fsp3) is 0.280. The number of aryl methyl sites for hydroxylation is 1. The van der Waals surface area contributed by atoms with Crippen molar-refractivity contribution in [3.8, 4) is 11.1 Å². The van der Waals surface area contributed by atoms with Gasteiger partial charge in [0.1, 0.15) is 11.5 Å². The molecule has 0 radical (unpaired) electrons. The molecular weight excluding hydrogens is 484 g/mol. The van der Waals surface area contributed by atoms with Crippen LogP contribution in [0.15, 0.2) is 71.8 Å². The zero-order valence-electron chi connectivity index (χ0n) is 18.5. The van der Waals surface area contributed by atoms with Gasteiger partial charge in [-0.25, -0.2) is 12.8 Å². The van der Waals surface area contributed by atoms with Gasteiger partial charge in [0.15, 0.2) is 5.78 Å². The molecule has 0 N–H and O–H groups in total. The standard InChI is InChI=1S/C25H22F4N2O3S/c26-20-8-10-21(11-9-20)35(33,34)31-14-2-5-22(31)23(32)12-6-17-3-1-4-18(15-17)19-7-13-24(30-16-19)25(27,28)29/h1,3-4,7-11,13,15-16,22H,2,5-6,12,14H2/t22-/m0/s1. The van der Waals surface area contributed by atoms with E-state index in [2.05, 4.69) is 4.98 Å². The van der Waals surface area contributed by atoms with E-state index < -0.39 is 33.8 Å². The molecule has 2 aromatic carbocycles. The minimum absolute atomic E-state index is 0.0588. The number of rotatable bonds is 7. The maximum Gasteiger partial charge on any atom is 0.433 e. The number of aromatic nitrogens is 1. The van der Waals surface area contributed by atoms with Gasteiger partial charge < -0.3 is 0 Å². The number of Topliss-reactive ketones (excluding diaryl/α,β-unsaturated/α-hetero) is 1. The maximum atomic E-state index is 13.2. The number of ketones is 1. The summed E-state index contributed by atoms with van der Waals surface area (Å²) in [6.45, 7) is 0.215. The molecule has 0 amide bonds. The molecule has 5 nitrogen and oxygen atoms in total. The Balaban J connectivity index is 1.44. The van der Waals surface area contributed by atoms with Crippen LogP contribution < -0.4 is 0 Å². The smallest absolute Gasteiger partial charge is 0.298 e. The first-order chi connectivity index (χ1) is 16.6. The van der Waals surface area contributed by atoms with Gasteiger partial charge in [0, 0.05) is 24.7 Å². The van der Waals surface area contributed by atoms with Crippen LogP contribution in [0.4, 0.5) is 17.6 Å². The Hall–Kier alpha value is -3.11. The molecule has 1 fully saturated rings. The Bertz CT molecular complexity index is 1310. The second kappa shape index (κ2) is 9.87. The van der Waals surface area contributed by atoms with E-state index in [-0.39, 0.29) is 23.6 Å². The monoisotopic (exact) mass is 506 g/mol. The van der Waals surface area contributed by atoms with E-state index in [9.17, 15) is 30.8 Å². The highest BCUT2D eigenvalue weighted by atomic mass is 32.2. The lowest BCUT2D eigenvalue weighted by atomic mass is 9.99. The molecule has 1 aromatic heterocycles. The van der Waals surface area contributed by atoms with Crippen LogP contribution in [0, 0.1) is 5.82 Å². The third-order valence-corrected chi connectivity index (χ3v) is 7.89. The van der Waals surface area contributed by atoms with Gasteiger partial charge in [-0.3, -0.25) is 9.78 Å². The number of carbonyl (C=O) groups excluding carboxylic acids is 1. The van der Waals surface area contributed by atoms with Crippen molar-refractivity contribution in [2.24, 2.45) is 0 Å². The normalized spacial score (nSPS) is 17.0. The molecule has 0 saturated carbocycles. The molecule has 1 aliphatic rings. The van der Waals surface area contributed by atoms with Gasteiger partial charge in [0.2, 0.25) is 10.0 Å². The van der Waals surface area contributed by atoms with Crippen molar-refractivity contribution in [2.75, 3.05) is 6.54 Å². The van der Waals surface area contributed by atoms with Crippen molar-refractivity contribution in [1.82, 2.24) is 9.29 Å². The van der Waals surface area contributed by atoms with Crippen LogP contribution in [-0.2, 0) is 27.4 Å². The summed E-state index contributed by atoms with van der Waals surface area (Å²) in [5.74, 6) is -0.762. The molecule has 35 heavy (non-hydrogen) atoms. The molecule has 2 heterocycles. The highest BCUT2D eigenvalue weighted by Gasteiger charge is 2.39. The van der Waals surface area contributed by atoms with Gasteiger partial charge in [-0.2, -0.15) is 17.5 Å². The molecule has 4 rings (SSSR count). The minimum atomic E-state index is -4.51. The second-order valence-electron chi connectivity index (χ2n) is 8.32. The third-order valence-electron chi connectivity index (χ3n) is 5.97. The fourth-order valence-electron chi connectivity index (χ4n) is 4.16. The molecule has 184 valence electrons. The number of pyridine rings is 1. The second-order valence-corrected chi connectivity index (χ2v) is 10.2. The van der Waals surface area contributed by atoms with Gasteiger partial charge in [-0.05, 0) is 60.7 Å². The summed E-state index contributed by atoms with van der Waals surface area (Å²) in [5, 5.41) is 0. The van der Waals surface area contributed by atoms with Crippen LogP contribution in [0.1, 0.15) is 30.5 Å². The molecule has 0 aliphatic carbocycles. The molecule has 0 bridgehead atoms. The zero-order chi connectivity index (χ0) is 25.2. The number of benzene rings is 2. The Morgan fingerprint density at radius 1 is 1.03 bits per heavy atom. The molecule has 1 saturated heterocycles. The Morgan fingerprint density at radius 3 is 2.43 bits per heavy atom. The minimum Gasteiger partial charge on any atom is -0.298 e. The van der Waals surface area contributed by atoms with Gasteiger partial charge >= 0.3 is 6.18 Å². The number of hydrogen-bond acceptors (Lipinski definition) is 4. The molecule has 10 heteroatoms. The lowest BCUT2D eigenvalue weighted by Gasteiger charge is -2.23. The summed E-state index contributed by atoms with van der Waals surface area (Å²) >= 11 is 0. The predicted molar refractivity (Wildman–Crippen MR) is 121 cm³/mol. The summed E-state index contributed by atoms with van der Waals surface area (Å²) in [5.41, 5.74) is 0.998. The average molecular weight is 507 g/mol. The first-order valence-electron chi connectivity index (χ1n) is 11.0. The summed E-state index contributed by atoms with van der Waals surface area (Å²) in [6.07, 6.45) is -1.94. The Morgan fingerprint density at radius 2 is 1.77 bits per heavy atom. The zero-order valence-corrected chi connectivity index (χ0v) is 19.3. The van der Waals surface area contributed by atoms with Crippen LogP contribution in [0.25, 0.3) is 11.1 Å². The van der Waals surface area contributed by atoms with Crippen molar-refractivity contribution in [3.63, 3.8) is 0 Å². The topological polar surface area (TPSA) is 67.3 Å². The van der Waals surface area contributed by atoms with Crippen molar-refractivity contribution < 1.29 is 30.8 Å². The van der Waals surface area contributed by atoms with Gasteiger partial charge in [0.05, 0.1) is 10.9 Å². The van der Waals surface area contributed by atoms with Gasteiger partial charge in [-0.1, -0.05) is 30.3 Å². The Labute approximate surface area is 200 Å². The summed E-state index contributed by atoms with van der Waals surface area (Å²) in [7, 11) is -3.93. The van der Waals surface area contributed by atoms with Crippen molar-refractivity contribution >= 4 is 15.8 Å². The van der Waals surface area contributed by atoms with Crippen LogP contribution in [0.2, 0.25) is 0 Å². The van der Waals surface area contributed by atoms with E-state index in [1.807, 2.05) is 0 Å². The number of carbonyl (C=O) groups is 1. The number of halogens is 4. The summed E-state index contributed by atoms with van der Waals surface area (Å²) in [6, 6.07) is 13.0. The number of alkyl halides is 3. The van der Waals surface area contributed by atoms with Crippen molar-refractivity contribution in [3.05, 3.63) is 83.9 Å². The molecule has 1 atom stereocenters. The van der Waals surface area contributed by atoms with Crippen LogP contribution >= 0.6 is 0 Å². The van der Waals surface area contributed by atoms with E-state index in [0.29, 0.717) is 30.4 Å². The third kappa shape index (κ3) is 5.59. The average Bonchev–Trinajstić information content (AvgIpc) is 3.34. The first-order valence-corrected chi connectivity index (χ1v) is 12.4. The largest absolute Gasteiger partial charge is 0.433 e. The highest BCUT2D eigenvalue weighted by Crippen LogP contribution is 2.30. The van der Waals surface area contributed by atoms with E-state index in [4.69, 9.17) is 0 Å². The fourth-order valence-corrected chi connectivity index (χ4v) is 5.84. The van der Waals surface area contributed by atoms with Crippen LogP contribution in [-0.4, -0.2) is 36.1 Å². The van der Waals surface area contributed by atoms with Crippen LogP contribution in [0.5, 0.6) is 0 Å². The lowest BCUT2D eigenvalue weighted by molar-refractivity contribution is -0.141. The van der Waals surface area contributed by atoms with Gasteiger partial charge in [0.25, 0.3) is 0 Å². The van der Waals surface area contributed by atoms with E-state index in [0.717, 1.165) is 30.0 Å². The summed E-state index contributed by atoms with van der Waals surface area (Å²) < 4.78 is 78.7. The predicted octanol–water partition coefficient (Wildman–Crippen LogP) is 5.26. The molecule has 0 spiro atoms. The Kier molecular flexibility index (Phi) is 7.05. The van der Waals surface area contributed by atoms with Crippen LogP contribution in [0.3, 0.4) is 0 Å². The molecule has 0 unspecified atom stereocenters. The van der Waals surface area contributed by atoms with Crippen molar-refractivity contribution in [1.29, 1.82) is 0 Å². The lowest BCUT2D eigenvalue weighted by Crippen LogP contribution is -2.40. The van der Waals surface area contributed by atoms with E-state index in [1.54, 1.807) is 24.3 Å². The SMILES string of the molecule is O=C(CCc1cccc(-c2ccc(C(F)(F)F)nc2)c1)[C@@H]1CCCN1S(=O)(=O)c1ccc(F)cc1. The highest BCUT2D eigenvalue weighted by molar-refractivity contribution is 7.89. The first kappa shape index (κ1) is 25.0. The molecular formula is C25H22F4N2O3S. The van der Waals surface area contributed by atoms with Gasteiger partial charge in [-0.15, -0.1) is 0 Å². The van der Waals surface area contributed by atoms with E-state index >= 15 is 0 Å². The number of sulfonamides is 1. The summed E-state index contributed by atoms with van der Waals surface area (Å²) in [4.78, 5) is 16.4.